The van der Waals surface area contributed by atoms with Gasteiger partial charge in [0.05, 0.1) is 13.2 Å². The highest BCUT2D eigenvalue weighted by atomic mass is 16.5. The van der Waals surface area contributed by atoms with Crippen LogP contribution in [-0.4, -0.2) is 42.3 Å². The summed E-state index contributed by atoms with van der Waals surface area (Å²) in [5.41, 5.74) is 6.67. The SMILES string of the molecule is C[C@H](N)c1nocc1C(=O)N1CCOCC1. The lowest BCUT2D eigenvalue weighted by atomic mass is 10.1. The number of nitrogens with two attached hydrogens (primary N) is 1. The topological polar surface area (TPSA) is 81.6 Å². The van der Waals surface area contributed by atoms with E-state index in [0.29, 0.717) is 37.6 Å². The molecule has 0 aliphatic carbocycles. The predicted molar refractivity (Wildman–Crippen MR) is 55.8 cm³/mol. The Morgan fingerprint density at radius 3 is 2.88 bits per heavy atom. The summed E-state index contributed by atoms with van der Waals surface area (Å²) in [6, 6.07) is -0.307. The molecule has 1 amide bonds. The lowest BCUT2D eigenvalue weighted by molar-refractivity contribution is 0.0301. The van der Waals surface area contributed by atoms with Crippen LogP contribution in [0.4, 0.5) is 0 Å². The number of aromatic nitrogens is 1. The Labute approximate surface area is 93.3 Å². The van der Waals surface area contributed by atoms with Crippen LogP contribution in [0.25, 0.3) is 0 Å². The Morgan fingerprint density at radius 1 is 1.56 bits per heavy atom. The zero-order valence-electron chi connectivity index (χ0n) is 9.18. The molecule has 0 aromatic carbocycles. The number of ether oxygens (including phenoxy) is 1. The van der Waals surface area contributed by atoms with Crippen molar-refractivity contribution in [2.24, 2.45) is 5.73 Å². The number of hydrogen-bond donors (Lipinski definition) is 1. The van der Waals surface area contributed by atoms with E-state index in [1.165, 1.54) is 6.26 Å². The Balaban J connectivity index is 2.16. The van der Waals surface area contributed by atoms with Crippen molar-refractivity contribution in [3.63, 3.8) is 0 Å². The molecule has 1 fully saturated rings. The van der Waals surface area contributed by atoms with Gasteiger partial charge in [-0.3, -0.25) is 4.79 Å². The first-order valence-corrected chi connectivity index (χ1v) is 5.27. The van der Waals surface area contributed by atoms with Crippen molar-refractivity contribution >= 4 is 5.91 Å². The maximum Gasteiger partial charge on any atom is 0.259 e. The van der Waals surface area contributed by atoms with Crippen molar-refractivity contribution in [3.05, 3.63) is 17.5 Å². The first-order chi connectivity index (χ1) is 7.70. The highest BCUT2D eigenvalue weighted by Crippen LogP contribution is 2.16. The van der Waals surface area contributed by atoms with Crippen LogP contribution in [-0.2, 0) is 4.74 Å². The van der Waals surface area contributed by atoms with Gasteiger partial charge in [-0.2, -0.15) is 0 Å². The van der Waals surface area contributed by atoms with Crippen LogP contribution >= 0.6 is 0 Å². The molecular weight excluding hydrogens is 210 g/mol. The fraction of sp³-hybridized carbons (Fsp3) is 0.600. The Bertz CT molecular complexity index is 369. The van der Waals surface area contributed by atoms with E-state index in [1.807, 2.05) is 0 Å². The average molecular weight is 225 g/mol. The van der Waals surface area contributed by atoms with Gasteiger partial charge in [-0.05, 0) is 6.92 Å². The zero-order valence-corrected chi connectivity index (χ0v) is 9.18. The molecule has 2 N–H and O–H groups in total. The van der Waals surface area contributed by atoms with Gasteiger partial charge in [0.25, 0.3) is 5.91 Å². The summed E-state index contributed by atoms with van der Waals surface area (Å²) in [4.78, 5) is 13.8. The molecule has 1 atom stereocenters. The standard InChI is InChI=1S/C10H15N3O3/c1-7(11)9-8(6-16-12-9)10(14)13-2-4-15-5-3-13/h6-7H,2-5,11H2,1H3/t7-/m0/s1. The van der Waals surface area contributed by atoms with Gasteiger partial charge in [-0.25, -0.2) is 0 Å². The average Bonchev–Trinajstić information content (AvgIpc) is 2.78. The number of hydrogen-bond acceptors (Lipinski definition) is 5. The summed E-state index contributed by atoms with van der Waals surface area (Å²) in [7, 11) is 0. The largest absolute Gasteiger partial charge is 0.378 e. The minimum Gasteiger partial charge on any atom is -0.378 e. The summed E-state index contributed by atoms with van der Waals surface area (Å²) in [5, 5.41) is 3.75. The van der Waals surface area contributed by atoms with Crippen molar-refractivity contribution in [3.8, 4) is 0 Å². The van der Waals surface area contributed by atoms with Crippen molar-refractivity contribution < 1.29 is 14.1 Å². The van der Waals surface area contributed by atoms with Crippen molar-refractivity contribution in [2.45, 2.75) is 13.0 Å². The number of morpholine rings is 1. The van der Waals surface area contributed by atoms with E-state index < -0.39 is 0 Å². The fourth-order valence-corrected chi connectivity index (χ4v) is 1.67. The van der Waals surface area contributed by atoms with E-state index in [1.54, 1.807) is 11.8 Å². The quantitative estimate of drug-likeness (QED) is 0.775. The first kappa shape index (κ1) is 11.1. The first-order valence-electron chi connectivity index (χ1n) is 5.27. The minimum atomic E-state index is -0.307. The molecule has 88 valence electrons. The van der Waals surface area contributed by atoms with E-state index in [2.05, 4.69) is 5.16 Å². The van der Waals surface area contributed by atoms with Gasteiger partial charge in [-0.1, -0.05) is 5.16 Å². The second kappa shape index (κ2) is 4.63. The Hall–Kier alpha value is -1.40. The summed E-state index contributed by atoms with van der Waals surface area (Å²) >= 11 is 0. The van der Waals surface area contributed by atoms with Gasteiger partial charge in [0.15, 0.2) is 0 Å². The molecule has 1 aliphatic rings. The van der Waals surface area contributed by atoms with E-state index in [-0.39, 0.29) is 11.9 Å². The minimum absolute atomic E-state index is 0.0862. The van der Waals surface area contributed by atoms with E-state index in [9.17, 15) is 4.79 Å². The molecule has 1 saturated heterocycles. The van der Waals surface area contributed by atoms with E-state index in [0.717, 1.165) is 0 Å². The summed E-state index contributed by atoms with van der Waals surface area (Å²) in [6.45, 7) is 4.12. The molecule has 0 unspecified atom stereocenters. The van der Waals surface area contributed by atoms with Crippen LogP contribution < -0.4 is 5.73 Å². The normalized spacial score (nSPS) is 18.5. The van der Waals surface area contributed by atoms with Gasteiger partial charge >= 0.3 is 0 Å². The molecule has 1 aliphatic heterocycles. The molecule has 6 heteroatoms. The zero-order chi connectivity index (χ0) is 11.5. The van der Waals surface area contributed by atoms with Crippen molar-refractivity contribution in [2.75, 3.05) is 26.3 Å². The molecule has 16 heavy (non-hydrogen) atoms. The van der Waals surface area contributed by atoms with Gasteiger partial charge in [0, 0.05) is 19.1 Å². The second-order valence-corrected chi connectivity index (χ2v) is 3.81. The van der Waals surface area contributed by atoms with Gasteiger partial charge in [0.1, 0.15) is 17.5 Å². The third-order valence-electron chi connectivity index (χ3n) is 2.56. The molecule has 0 saturated carbocycles. The second-order valence-electron chi connectivity index (χ2n) is 3.81. The smallest absolute Gasteiger partial charge is 0.259 e. The van der Waals surface area contributed by atoms with Crippen LogP contribution in [0.1, 0.15) is 29.0 Å². The van der Waals surface area contributed by atoms with Crippen molar-refractivity contribution in [1.29, 1.82) is 0 Å². The number of carbonyl (C=O) groups excluding carboxylic acids is 1. The van der Waals surface area contributed by atoms with Crippen LogP contribution in [0.2, 0.25) is 0 Å². The molecule has 2 rings (SSSR count). The maximum absolute atomic E-state index is 12.1. The highest BCUT2D eigenvalue weighted by Gasteiger charge is 2.24. The van der Waals surface area contributed by atoms with E-state index in [4.69, 9.17) is 15.0 Å². The fourth-order valence-electron chi connectivity index (χ4n) is 1.67. The lowest BCUT2D eigenvalue weighted by Gasteiger charge is -2.26. The van der Waals surface area contributed by atoms with Gasteiger partial charge < -0.3 is 19.9 Å². The van der Waals surface area contributed by atoms with Gasteiger partial charge in [-0.15, -0.1) is 0 Å². The summed E-state index contributed by atoms with van der Waals surface area (Å²) in [5.74, 6) is -0.0862. The van der Waals surface area contributed by atoms with Crippen LogP contribution in [0, 0.1) is 0 Å². The number of carbonyl (C=O) groups is 1. The molecule has 6 nitrogen and oxygen atoms in total. The van der Waals surface area contributed by atoms with Crippen molar-refractivity contribution in [1.82, 2.24) is 10.1 Å². The lowest BCUT2D eigenvalue weighted by Crippen LogP contribution is -2.41. The van der Waals surface area contributed by atoms with Crippen LogP contribution in [0.15, 0.2) is 10.8 Å². The van der Waals surface area contributed by atoms with E-state index >= 15 is 0 Å². The number of amides is 1. The third kappa shape index (κ3) is 2.07. The Morgan fingerprint density at radius 2 is 2.25 bits per heavy atom. The number of nitrogens with zero attached hydrogens (tertiary/aromatic N) is 2. The molecule has 1 aromatic rings. The predicted octanol–water partition coefficient (Wildman–Crippen LogP) is 0.167. The molecule has 1 aromatic heterocycles. The number of rotatable bonds is 2. The third-order valence-corrected chi connectivity index (χ3v) is 2.56. The van der Waals surface area contributed by atoms with Crippen LogP contribution in [0.5, 0.6) is 0 Å². The molecule has 0 radical (unpaired) electrons. The summed E-state index contributed by atoms with van der Waals surface area (Å²) < 4.78 is 10.00. The summed E-state index contributed by atoms with van der Waals surface area (Å²) in [6.07, 6.45) is 1.36. The highest BCUT2D eigenvalue weighted by molar-refractivity contribution is 5.95. The Kier molecular flexibility index (Phi) is 3.21. The maximum atomic E-state index is 12.1. The molecule has 0 bridgehead atoms. The molecule has 0 spiro atoms. The monoisotopic (exact) mass is 225 g/mol. The van der Waals surface area contributed by atoms with Gasteiger partial charge in [0.2, 0.25) is 0 Å². The molecular formula is C10H15N3O3. The van der Waals surface area contributed by atoms with Crippen LogP contribution in [0.3, 0.4) is 0 Å². The molecule has 2 heterocycles.